The van der Waals surface area contributed by atoms with E-state index in [0.29, 0.717) is 41.1 Å². The Bertz CT molecular complexity index is 919. The molecule has 2 aromatic carbocycles. The molecule has 2 rings (SSSR count). The third-order valence-electron chi connectivity index (χ3n) is 3.97. The van der Waals surface area contributed by atoms with Crippen LogP contribution >= 0.6 is 23.2 Å². The van der Waals surface area contributed by atoms with Gasteiger partial charge >= 0.3 is 0 Å². The lowest BCUT2D eigenvalue weighted by Crippen LogP contribution is -2.24. The molecule has 2 N–H and O–H groups in total. The number of hydrogen-bond acceptors (Lipinski definition) is 4. The highest BCUT2D eigenvalue weighted by atomic mass is 35.5. The van der Waals surface area contributed by atoms with E-state index < -0.39 is 10.0 Å². The summed E-state index contributed by atoms with van der Waals surface area (Å²) in [6, 6.07) is 11.0. The highest BCUT2D eigenvalue weighted by molar-refractivity contribution is 7.89. The van der Waals surface area contributed by atoms with Crippen molar-refractivity contribution in [2.24, 2.45) is 0 Å². The van der Waals surface area contributed by atoms with E-state index in [-0.39, 0.29) is 17.2 Å². The van der Waals surface area contributed by atoms with Crippen LogP contribution in [0.5, 0.6) is 5.75 Å². The summed E-state index contributed by atoms with van der Waals surface area (Å²) in [5.74, 6) is 0.327. The van der Waals surface area contributed by atoms with Gasteiger partial charge in [-0.2, -0.15) is 0 Å². The second-order valence-electron chi connectivity index (χ2n) is 6.35. The van der Waals surface area contributed by atoms with Gasteiger partial charge in [0.15, 0.2) is 0 Å². The van der Waals surface area contributed by atoms with Gasteiger partial charge in [0, 0.05) is 23.7 Å². The van der Waals surface area contributed by atoms with Gasteiger partial charge in [0.05, 0.1) is 16.5 Å². The van der Waals surface area contributed by atoms with Gasteiger partial charge in [0.25, 0.3) is 0 Å². The van der Waals surface area contributed by atoms with Crippen molar-refractivity contribution in [1.29, 1.82) is 0 Å². The van der Waals surface area contributed by atoms with Crippen molar-refractivity contribution in [2.45, 2.75) is 37.5 Å². The van der Waals surface area contributed by atoms with Crippen molar-refractivity contribution in [3.8, 4) is 5.75 Å². The van der Waals surface area contributed by atoms with Crippen LogP contribution in [0.1, 0.15) is 32.6 Å². The third kappa shape index (κ3) is 7.85. The summed E-state index contributed by atoms with van der Waals surface area (Å²) in [5.41, 5.74) is 0.532. The van der Waals surface area contributed by atoms with Crippen LogP contribution in [0, 0.1) is 0 Å². The molecule has 0 unspecified atom stereocenters. The number of sulfonamides is 1. The first kappa shape index (κ1) is 23.5. The number of hydrogen-bond donors (Lipinski definition) is 2. The molecule has 0 aromatic heterocycles. The number of rotatable bonds is 11. The molecular formula is C20H24Cl2N2O4S. The average molecular weight is 459 g/mol. The van der Waals surface area contributed by atoms with Gasteiger partial charge in [-0.3, -0.25) is 4.79 Å². The Hall–Kier alpha value is -1.80. The minimum Gasteiger partial charge on any atom is -0.492 e. The molecular weight excluding hydrogens is 435 g/mol. The highest BCUT2D eigenvalue weighted by Crippen LogP contribution is 2.27. The molecule has 158 valence electrons. The summed E-state index contributed by atoms with van der Waals surface area (Å²) >= 11 is 11.9. The Morgan fingerprint density at radius 1 is 1.07 bits per heavy atom. The van der Waals surface area contributed by atoms with E-state index in [1.54, 1.807) is 30.3 Å². The monoisotopic (exact) mass is 458 g/mol. The van der Waals surface area contributed by atoms with E-state index >= 15 is 0 Å². The number of amides is 1. The Kier molecular flexibility index (Phi) is 9.23. The van der Waals surface area contributed by atoms with Crippen molar-refractivity contribution in [2.75, 3.05) is 18.5 Å². The summed E-state index contributed by atoms with van der Waals surface area (Å²) in [6.45, 7) is 2.72. The Labute approximate surface area is 181 Å². The molecule has 0 aliphatic carbocycles. The Morgan fingerprint density at radius 3 is 2.45 bits per heavy atom. The second-order valence-corrected chi connectivity index (χ2v) is 8.96. The van der Waals surface area contributed by atoms with E-state index in [9.17, 15) is 13.2 Å². The van der Waals surface area contributed by atoms with E-state index in [1.165, 1.54) is 12.1 Å². The first-order chi connectivity index (χ1) is 13.8. The van der Waals surface area contributed by atoms with Gasteiger partial charge in [-0.1, -0.05) is 36.5 Å². The first-order valence-corrected chi connectivity index (χ1v) is 11.5. The minimum atomic E-state index is -3.53. The molecule has 0 atom stereocenters. The molecule has 6 nitrogen and oxygen atoms in total. The number of halogens is 2. The van der Waals surface area contributed by atoms with Crippen molar-refractivity contribution < 1.29 is 17.9 Å². The molecule has 0 aliphatic heterocycles. The maximum atomic E-state index is 12.1. The number of carbonyl (C=O) groups is 1. The smallest absolute Gasteiger partial charge is 0.240 e. The fourth-order valence-electron chi connectivity index (χ4n) is 2.41. The lowest BCUT2D eigenvalue weighted by atomic mass is 10.2. The summed E-state index contributed by atoms with van der Waals surface area (Å²) in [6.07, 6.45) is 2.44. The first-order valence-electron chi connectivity index (χ1n) is 9.29. The van der Waals surface area contributed by atoms with Crippen LogP contribution in [-0.4, -0.2) is 27.5 Å². The van der Waals surface area contributed by atoms with Crippen molar-refractivity contribution in [1.82, 2.24) is 4.72 Å². The van der Waals surface area contributed by atoms with Crippen LogP contribution in [0.15, 0.2) is 47.4 Å². The molecule has 0 aliphatic rings. The zero-order chi connectivity index (χ0) is 21.3. The van der Waals surface area contributed by atoms with E-state index in [1.807, 2.05) is 6.92 Å². The van der Waals surface area contributed by atoms with Gasteiger partial charge in [0.2, 0.25) is 15.9 Å². The predicted molar refractivity (Wildman–Crippen MR) is 116 cm³/mol. The zero-order valence-corrected chi connectivity index (χ0v) is 18.4. The van der Waals surface area contributed by atoms with Crippen LogP contribution in [-0.2, 0) is 14.8 Å². The fourth-order valence-corrected chi connectivity index (χ4v) is 3.95. The Morgan fingerprint density at radius 2 is 1.79 bits per heavy atom. The molecule has 0 fully saturated rings. The second kappa shape index (κ2) is 11.4. The van der Waals surface area contributed by atoms with Gasteiger partial charge in [0.1, 0.15) is 5.75 Å². The van der Waals surface area contributed by atoms with Gasteiger partial charge < -0.3 is 10.1 Å². The molecule has 29 heavy (non-hydrogen) atoms. The van der Waals surface area contributed by atoms with Crippen LogP contribution in [0.25, 0.3) is 0 Å². The van der Waals surface area contributed by atoms with Gasteiger partial charge in [-0.15, -0.1) is 0 Å². The standard InChI is InChI=1S/C20H24Cl2N2O4S/c1-2-3-12-23-29(26,27)17-9-7-16(8-10-17)24-20(25)5-4-13-28-19-11-6-15(21)14-18(19)22/h6-11,14,23H,2-5,12-13H2,1H3,(H,24,25). The normalized spacial score (nSPS) is 11.3. The maximum absolute atomic E-state index is 12.1. The molecule has 0 radical (unpaired) electrons. The summed E-state index contributed by atoms with van der Waals surface area (Å²) in [5, 5.41) is 3.68. The highest BCUT2D eigenvalue weighted by Gasteiger charge is 2.13. The van der Waals surface area contributed by atoms with Crippen molar-refractivity contribution in [3.63, 3.8) is 0 Å². The number of anilines is 1. The lowest BCUT2D eigenvalue weighted by Gasteiger charge is -2.09. The van der Waals surface area contributed by atoms with E-state index in [4.69, 9.17) is 27.9 Å². The number of benzene rings is 2. The average Bonchev–Trinajstić information content (AvgIpc) is 2.67. The largest absolute Gasteiger partial charge is 0.492 e. The number of ether oxygens (including phenoxy) is 1. The summed E-state index contributed by atoms with van der Waals surface area (Å²) < 4.78 is 32.4. The van der Waals surface area contributed by atoms with Gasteiger partial charge in [-0.05, 0) is 55.3 Å². The molecule has 0 bridgehead atoms. The molecule has 0 saturated carbocycles. The quantitative estimate of drug-likeness (QED) is 0.470. The fraction of sp³-hybridized carbons (Fsp3) is 0.350. The van der Waals surface area contributed by atoms with Crippen LogP contribution < -0.4 is 14.8 Å². The predicted octanol–water partition coefficient (Wildman–Crippen LogP) is 4.87. The van der Waals surface area contributed by atoms with Crippen molar-refractivity contribution >= 4 is 44.8 Å². The third-order valence-corrected chi connectivity index (χ3v) is 5.98. The van der Waals surface area contributed by atoms with Crippen LogP contribution in [0.2, 0.25) is 10.0 Å². The van der Waals surface area contributed by atoms with Crippen molar-refractivity contribution in [3.05, 3.63) is 52.5 Å². The molecule has 1 amide bonds. The van der Waals surface area contributed by atoms with Crippen LogP contribution in [0.4, 0.5) is 5.69 Å². The minimum absolute atomic E-state index is 0.167. The summed E-state index contributed by atoms with van der Waals surface area (Å²) in [4.78, 5) is 12.2. The number of unbranched alkanes of at least 4 members (excludes halogenated alkanes) is 1. The lowest BCUT2D eigenvalue weighted by molar-refractivity contribution is -0.116. The summed E-state index contributed by atoms with van der Waals surface area (Å²) in [7, 11) is -3.53. The molecule has 0 heterocycles. The molecule has 0 saturated heterocycles. The number of nitrogens with one attached hydrogen (secondary N) is 2. The molecule has 2 aromatic rings. The zero-order valence-electron chi connectivity index (χ0n) is 16.1. The van der Waals surface area contributed by atoms with Crippen LogP contribution in [0.3, 0.4) is 0 Å². The Balaban J connectivity index is 1.77. The van der Waals surface area contributed by atoms with E-state index in [2.05, 4.69) is 10.0 Å². The SMILES string of the molecule is CCCCNS(=O)(=O)c1ccc(NC(=O)CCCOc2ccc(Cl)cc2Cl)cc1. The topological polar surface area (TPSA) is 84.5 Å². The number of carbonyl (C=O) groups excluding carboxylic acids is 1. The molecule has 0 spiro atoms. The maximum Gasteiger partial charge on any atom is 0.240 e. The van der Waals surface area contributed by atoms with Gasteiger partial charge in [-0.25, -0.2) is 13.1 Å². The van der Waals surface area contributed by atoms with E-state index in [0.717, 1.165) is 12.8 Å². The molecule has 9 heteroatoms.